The van der Waals surface area contributed by atoms with Gasteiger partial charge in [-0.25, -0.2) is 0 Å². The molecule has 3 aliphatic rings. The molecule has 1 saturated carbocycles. The fourth-order valence-corrected chi connectivity index (χ4v) is 4.31. The maximum absolute atomic E-state index is 12.8. The van der Waals surface area contributed by atoms with Crippen molar-refractivity contribution in [3.63, 3.8) is 0 Å². The van der Waals surface area contributed by atoms with Crippen molar-refractivity contribution < 1.29 is 14.3 Å². The summed E-state index contributed by atoms with van der Waals surface area (Å²) in [6.45, 7) is 2.18. The number of carbonyl (C=O) groups excluding carboxylic acids is 2. The van der Waals surface area contributed by atoms with Crippen LogP contribution in [-0.2, 0) is 9.59 Å². The first kappa shape index (κ1) is 16.4. The third-order valence-corrected chi connectivity index (χ3v) is 5.88. The van der Waals surface area contributed by atoms with Gasteiger partial charge in [-0.15, -0.1) is 0 Å². The van der Waals surface area contributed by atoms with E-state index in [1.54, 1.807) is 7.11 Å². The lowest BCUT2D eigenvalue weighted by atomic mass is 9.88. The first-order valence-corrected chi connectivity index (χ1v) is 9.38. The Labute approximate surface area is 148 Å². The molecule has 1 atom stereocenters. The van der Waals surface area contributed by atoms with Crippen LogP contribution in [0, 0.1) is 5.92 Å². The molecule has 2 amide bonds. The van der Waals surface area contributed by atoms with Crippen molar-refractivity contribution in [2.75, 3.05) is 26.7 Å². The van der Waals surface area contributed by atoms with Crippen LogP contribution < -0.4 is 4.74 Å². The number of ether oxygens (including phenoxy) is 1. The largest absolute Gasteiger partial charge is 0.496 e. The molecule has 5 heteroatoms. The number of rotatable bonds is 4. The van der Waals surface area contributed by atoms with Crippen LogP contribution in [0.25, 0.3) is 0 Å². The molecule has 0 bridgehead atoms. The zero-order valence-electron chi connectivity index (χ0n) is 14.8. The van der Waals surface area contributed by atoms with Crippen molar-refractivity contribution >= 4 is 11.8 Å². The zero-order valence-corrected chi connectivity index (χ0v) is 14.8. The summed E-state index contributed by atoms with van der Waals surface area (Å²) < 4.78 is 5.48. The summed E-state index contributed by atoms with van der Waals surface area (Å²) in [5.74, 6) is 1.60. The number of likely N-dealkylation sites (tertiary alicyclic amines) is 2. The molecule has 0 N–H and O–H groups in total. The van der Waals surface area contributed by atoms with Crippen molar-refractivity contribution in [2.24, 2.45) is 5.92 Å². The predicted molar refractivity (Wildman–Crippen MR) is 94.4 cm³/mol. The van der Waals surface area contributed by atoms with Crippen LogP contribution in [0.5, 0.6) is 5.75 Å². The van der Waals surface area contributed by atoms with E-state index < -0.39 is 0 Å². The Morgan fingerprint density at radius 1 is 1.12 bits per heavy atom. The molecule has 25 heavy (non-hydrogen) atoms. The lowest BCUT2D eigenvalue weighted by Crippen LogP contribution is -2.42. The van der Waals surface area contributed by atoms with E-state index in [4.69, 9.17) is 4.74 Å². The first-order chi connectivity index (χ1) is 12.2. The maximum atomic E-state index is 12.8. The van der Waals surface area contributed by atoms with Crippen LogP contribution in [0.2, 0.25) is 0 Å². The van der Waals surface area contributed by atoms with E-state index in [2.05, 4.69) is 6.07 Å². The second kappa shape index (κ2) is 6.70. The van der Waals surface area contributed by atoms with Crippen molar-refractivity contribution in [1.29, 1.82) is 0 Å². The Kier molecular flexibility index (Phi) is 4.40. The lowest BCUT2D eigenvalue weighted by molar-refractivity contribution is -0.136. The first-order valence-electron chi connectivity index (χ1n) is 9.38. The Balaban J connectivity index is 1.35. The molecule has 3 fully saturated rings. The molecule has 0 spiro atoms. The van der Waals surface area contributed by atoms with Crippen LogP contribution in [0.15, 0.2) is 24.3 Å². The monoisotopic (exact) mass is 342 g/mol. The summed E-state index contributed by atoms with van der Waals surface area (Å²) in [6, 6.07) is 8.59. The van der Waals surface area contributed by atoms with E-state index in [1.165, 1.54) is 5.56 Å². The van der Waals surface area contributed by atoms with Gasteiger partial charge < -0.3 is 14.5 Å². The summed E-state index contributed by atoms with van der Waals surface area (Å²) >= 11 is 0. The SMILES string of the molecule is COc1ccccc1C1CCN(C(=O)C2CC(=O)N(C3CC3)C2)CC1. The van der Waals surface area contributed by atoms with Crippen LogP contribution in [0.4, 0.5) is 0 Å². The van der Waals surface area contributed by atoms with Gasteiger partial charge in [0.1, 0.15) is 5.75 Å². The van der Waals surface area contributed by atoms with Gasteiger partial charge in [0.15, 0.2) is 0 Å². The van der Waals surface area contributed by atoms with Gasteiger partial charge >= 0.3 is 0 Å². The van der Waals surface area contributed by atoms with Gasteiger partial charge in [-0.3, -0.25) is 9.59 Å². The molecule has 5 nitrogen and oxygen atoms in total. The van der Waals surface area contributed by atoms with Crippen molar-refractivity contribution in [3.8, 4) is 5.75 Å². The van der Waals surface area contributed by atoms with E-state index >= 15 is 0 Å². The number of benzene rings is 1. The highest BCUT2D eigenvalue weighted by molar-refractivity contribution is 5.89. The van der Waals surface area contributed by atoms with E-state index in [-0.39, 0.29) is 17.7 Å². The average Bonchev–Trinajstić information content (AvgIpc) is 3.43. The normalized spacial score (nSPS) is 24.7. The topological polar surface area (TPSA) is 49.9 Å². The van der Waals surface area contributed by atoms with Gasteiger partial charge in [-0.05, 0) is 43.2 Å². The average molecular weight is 342 g/mol. The summed E-state index contributed by atoms with van der Waals surface area (Å²) in [5, 5.41) is 0. The Morgan fingerprint density at radius 3 is 2.52 bits per heavy atom. The summed E-state index contributed by atoms with van der Waals surface area (Å²) in [4.78, 5) is 28.8. The fraction of sp³-hybridized carbons (Fsp3) is 0.600. The number of hydrogen-bond acceptors (Lipinski definition) is 3. The maximum Gasteiger partial charge on any atom is 0.227 e. The number of para-hydroxylation sites is 1. The van der Waals surface area contributed by atoms with Crippen LogP contribution in [0.1, 0.15) is 43.6 Å². The van der Waals surface area contributed by atoms with Crippen LogP contribution in [0.3, 0.4) is 0 Å². The van der Waals surface area contributed by atoms with Gasteiger partial charge in [-0.2, -0.15) is 0 Å². The molecular formula is C20H26N2O3. The number of hydrogen-bond donors (Lipinski definition) is 0. The van der Waals surface area contributed by atoms with Gasteiger partial charge in [-0.1, -0.05) is 18.2 Å². The Morgan fingerprint density at radius 2 is 1.84 bits per heavy atom. The smallest absolute Gasteiger partial charge is 0.227 e. The quantitative estimate of drug-likeness (QED) is 0.844. The van der Waals surface area contributed by atoms with Crippen molar-refractivity contribution in [3.05, 3.63) is 29.8 Å². The summed E-state index contributed by atoms with van der Waals surface area (Å²) in [7, 11) is 1.71. The second-order valence-electron chi connectivity index (χ2n) is 7.52. The molecule has 4 rings (SSSR count). The lowest BCUT2D eigenvalue weighted by Gasteiger charge is -2.34. The fourth-order valence-electron chi connectivity index (χ4n) is 4.31. The predicted octanol–water partition coefficient (Wildman–Crippen LogP) is 2.41. The highest BCUT2D eigenvalue weighted by Gasteiger charge is 2.43. The van der Waals surface area contributed by atoms with E-state index in [1.807, 2.05) is 28.0 Å². The summed E-state index contributed by atoms with van der Waals surface area (Å²) in [6.07, 6.45) is 4.54. The van der Waals surface area contributed by atoms with Gasteiger partial charge in [0.2, 0.25) is 11.8 Å². The zero-order chi connectivity index (χ0) is 17.4. The molecule has 0 aromatic heterocycles. The van der Waals surface area contributed by atoms with Gasteiger partial charge in [0, 0.05) is 32.1 Å². The van der Waals surface area contributed by atoms with E-state index in [0.29, 0.717) is 24.9 Å². The minimum atomic E-state index is -0.129. The van der Waals surface area contributed by atoms with Crippen LogP contribution >= 0.6 is 0 Å². The van der Waals surface area contributed by atoms with Gasteiger partial charge in [0.05, 0.1) is 13.0 Å². The number of methoxy groups -OCH3 is 1. The molecule has 134 valence electrons. The minimum Gasteiger partial charge on any atom is -0.496 e. The molecule has 1 aromatic rings. The second-order valence-corrected chi connectivity index (χ2v) is 7.52. The molecule has 1 unspecified atom stereocenters. The molecule has 0 radical (unpaired) electrons. The summed E-state index contributed by atoms with van der Waals surface area (Å²) in [5.41, 5.74) is 1.24. The molecule has 1 aliphatic carbocycles. The Bertz CT molecular complexity index is 663. The third kappa shape index (κ3) is 3.24. The Hall–Kier alpha value is -2.04. The van der Waals surface area contributed by atoms with E-state index in [9.17, 15) is 9.59 Å². The number of piperidine rings is 1. The van der Waals surface area contributed by atoms with Crippen molar-refractivity contribution in [2.45, 2.75) is 44.1 Å². The molecule has 2 saturated heterocycles. The standard InChI is InChI=1S/C20H26N2O3/c1-25-18-5-3-2-4-17(18)14-8-10-21(11-9-14)20(24)15-12-19(23)22(13-15)16-6-7-16/h2-5,14-16H,6-13H2,1H3. The van der Waals surface area contributed by atoms with Gasteiger partial charge in [0.25, 0.3) is 0 Å². The van der Waals surface area contributed by atoms with Crippen LogP contribution in [-0.4, -0.2) is 54.4 Å². The number of carbonyl (C=O) groups is 2. The highest BCUT2D eigenvalue weighted by Crippen LogP contribution is 2.36. The van der Waals surface area contributed by atoms with E-state index in [0.717, 1.165) is 44.5 Å². The minimum absolute atomic E-state index is 0.129. The number of amides is 2. The molecule has 1 aromatic carbocycles. The molecule has 2 heterocycles. The highest BCUT2D eigenvalue weighted by atomic mass is 16.5. The van der Waals surface area contributed by atoms with Crippen molar-refractivity contribution in [1.82, 2.24) is 9.80 Å². The third-order valence-electron chi connectivity index (χ3n) is 5.88. The molecular weight excluding hydrogens is 316 g/mol. The number of nitrogens with zero attached hydrogens (tertiary/aromatic N) is 2. The molecule has 2 aliphatic heterocycles.